The van der Waals surface area contributed by atoms with Gasteiger partial charge in [0.15, 0.2) is 5.82 Å². The number of rotatable bonds is 4. The topological polar surface area (TPSA) is 38.9 Å². The van der Waals surface area contributed by atoms with Crippen molar-refractivity contribution in [2.45, 2.75) is 0 Å². The molecule has 0 aliphatic carbocycles. The lowest BCUT2D eigenvalue weighted by molar-refractivity contribution is 0.670. The zero-order valence-corrected chi connectivity index (χ0v) is 24.3. The third-order valence-corrected chi connectivity index (χ3v) is 8.68. The Morgan fingerprint density at radius 1 is 0.378 bits per heavy atom. The van der Waals surface area contributed by atoms with E-state index in [0.29, 0.717) is 5.82 Å². The standard InChI is InChI=1S/C42H26N2O/c1-3-11-28(12-4-1)38-26-39(29-13-5-2-6-14-29)44-42(43-38)32-21-23-36-37-17-9-16-35(41(37)45-40(36)25-32)31-20-22-34-30(24-31)19-18-27-10-7-8-15-33(27)34/h1-26H. The van der Waals surface area contributed by atoms with Gasteiger partial charge in [0.1, 0.15) is 11.2 Å². The summed E-state index contributed by atoms with van der Waals surface area (Å²) in [5.41, 5.74) is 8.70. The van der Waals surface area contributed by atoms with E-state index in [1.54, 1.807) is 0 Å². The summed E-state index contributed by atoms with van der Waals surface area (Å²) in [6.45, 7) is 0. The molecule has 0 N–H and O–H groups in total. The van der Waals surface area contributed by atoms with Crippen LogP contribution in [0.2, 0.25) is 0 Å². The van der Waals surface area contributed by atoms with Crippen LogP contribution >= 0.6 is 0 Å². The molecule has 0 atom stereocenters. The summed E-state index contributed by atoms with van der Waals surface area (Å²) >= 11 is 0. The molecule has 0 spiro atoms. The van der Waals surface area contributed by atoms with Crippen LogP contribution in [-0.4, -0.2) is 9.97 Å². The lowest BCUT2D eigenvalue weighted by Gasteiger charge is -2.09. The summed E-state index contributed by atoms with van der Waals surface area (Å²) in [6, 6.07) is 54.9. The molecule has 9 rings (SSSR count). The summed E-state index contributed by atoms with van der Waals surface area (Å²) < 4.78 is 6.66. The molecule has 0 aliphatic heterocycles. The van der Waals surface area contributed by atoms with Gasteiger partial charge < -0.3 is 4.42 Å². The second-order valence-electron chi connectivity index (χ2n) is 11.4. The Morgan fingerprint density at radius 2 is 1.00 bits per heavy atom. The van der Waals surface area contributed by atoms with Gasteiger partial charge in [-0.15, -0.1) is 0 Å². The molecule has 0 amide bonds. The normalized spacial score (nSPS) is 11.6. The summed E-state index contributed by atoms with van der Waals surface area (Å²) in [5, 5.41) is 7.16. The zero-order valence-electron chi connectivity index (χ0n) is 24.3. The average Bonchev–Trinajstić information content (AvgIpc) is 3.50. The van der Waals surface area contributed by atoms with Crippen LogP contribution in [0, 0.1) is 0 Å². The maximum Gasteiger partial charge on any atom is 0.160 e. The van der Waals surface area contributed by atoms with E-state index in [9.17, 15) is 0 Å². The second-order valence-corrected chi connectivity index (χ2v) is 11.4. The first kappa shape index (κ1) is 25.4. The molecule has 210 valence electrons. The predicted molar refractivity (Wildman–Crippen MR) is 186 cm³/mol. The van der Waals surface area contributed by atoms with Crippen molar-refractivity contribution in [1.29, 1.82) is 0 Å². The molecule has 3 nitrogen and oxygen atoms in total. The van der Waals surface area contributed by atoms with Gasteiger partial charge in [-0.3, -0.25) is 0 Å². The van der Waals surface area contributed by atoms with Crippen molar-refractivity contribution in [3.8, 4) is 45.0 Å². The number of aromatic nitrogens is 2. The van der Waals surface area contributed by atoms with Gasteiger partial charge in [0.05, 0.1) is 11.4 Å². The van der Waals surface area contributed by atoms with Gasteiger partial charge in [0.25, 0.3) is 0 Å². The van der Waals surface area contributed by atoms with E-state index in [1.165, 1.54) is 21.5 Å². The summed E-state index contributed by atoms with van der Waals surface area (Å²) in [5.74, 6) is 0.666. The number of benzene rings is 7. The van der Waals surface area contributed by atoms with Crippen LogP contribution in [0.4, 0.5) is 0 Å². The third kappa shape index (κ3) is 4.37. The Morgan fingerprint density at radius 3 is 1.78 bits per heavy atom. The SMILES string of the molecule is c1ccc(-c2cc(-c3ccccc3)nc(-c3ccc4c(c3)oc3c(-c5ccc6c(ccc7ccccc76)c5)cccc34)n2)cc1. The fourth-order valence-corrected chi connectivity index (χ4v) is 6.44. The minimum absolute atomic E-state index is 0.666. The van der Waals surface area contributed by atoms with Crippen LogP contribution < -0.4 is 0 Å². The smallest absolute Gasteiger partial charge is 0.160 e. The first-order valence-corrected chi connectivity index (χ1v) is 15.2. The zero-order chi connectivity index (χ0) is 29.7. The number of nitrogens with zero attached hydrogens (tertiary/aromatic N) is 2. The van der Waals surface area contributed by atoms with Crippen LogP contribution in [-0.2, 0) is 0 Å². The number of hydrogen-bond donors (Lipinski definition) is 0. The van der Waals surface area contributed by atoms with Gasteiger partial charge in [0.2, 0.25) is 0 Å². The number of para-hydroxylation sites is 1. The first-order chi connectivity index (χ1) is 22.3. The van der Waals surface area contributed by atoms with Crippen LogP contribution in [0.15, 0.2) is 162 Å². The van der Waals surface area contributed by atoms with E-state index < -0.39 is 0 Å². The quantitative estimate of drug-likeness (QED) is 0.196. The van der Waals surface area contributed by atoms with Crippen LogP contribution in [0.1, 0.15) is 0 Å². The Labute approximate surface area is 260 Å². The highest BCUT2D eigenvalue weighted by atomic mass is 16.3. The molecule has 0 bridgehead atoms. The predicted octanol–water partition coefficient (Wildman–Crippen LogP) is 11.4. The maximum atomic E-state index is 6.66. The second kappa shape index (κ2) is 10.3. The van der Waals surface area contributed by atoms with E-state index in [0.717, 1.165) is 61.1 Å². The third-order valence-electron chi connectivity index (χ3n) is 8.68. The molecule has 0 unspecified atom stereocenters. The van der Waals surface area contributed by atoms with Gasteiger partial charge in [-0.25, -0.2) is 9.97 Å². The molecule has 9 aromatic rings. The molecule has 2 aromatic heterocycles. The fraction of sp³-hybridized carbons (Fsp3) is 0. The van der Waals surface area contributed by atoms with Crippen molar-refractivity contribution >= 4 is 43.5 Å². The van der Waals surface area contributed by atoms with E-state index in [1.807, 2.05) is 36.4 Å². The van der Waals surface area contributed by atoms with Crippen LogP contribution in [0.25, 0.3) is 88.5 Å². The first-order valence-electron chi connectivity index (χ1n) is 15.2. The minimum atomic E-state index is 0.666. The van der Waals surface area contributed by atoms with Crippen molar-refractivity contribution in [1.82, 2.24) is 9.97 Å². The lowest BCUT2D eigenvalue weighted by Crippen LogP contribution is -1.95. The van der Waals surface area contributed by atoms with Crippen molar-refractivity contribution < 1.29 is 4.42 Å². The van der Waals surface area contributed by atoms with Crippen molar-refractivity contribution in [2.24, 2.45) is 0 Å². The fourth-order valence-electron chi connectivity index (χ4n) is 6.44. The summed E-state index contributed by atoms with van der Waals surface area (Å²) in [6.07, 6.45) is 0. The number of hydrogen-bond acceptors (Lipinski definition) is 3. The van der Waals surface area contributed by atoms with Gasteiger partial charge in [-0.05, 0) is 51.4 Å². The molecule has 0 saturated heterocycles. The molecule has 0 fully saturated rings. The molecule has 45 heavy (non-hydrogen) atoms. The van der Waals surface area contributed by atoms with Gasteiger partial charge >= 0.3 is 0 Å². The lowest BCUT2D eigenvalue weighted by atomic mass is 9.96. The molecule has 0 saturated carbocycles. The van der Waals surface area contributed by atoms with E-state index >= 15 is 0 Å². The minimum Gasteiger partial charge on any atom is -0.455 e. The highest BCUT2D eigenvalue weighted by molar-refractivity contribution is 6.12. The van der Waals surface area contributed by atoms with E-state index in [2.05, 4.69) is 121 Å². The Balaban J connectivity index is 1.18. The average molecular weight is 575 g/mol. The largest absolute Gasteiger partial charge is 0.455 e. The van der Waals surface area contributed by atoms with Crippen molar-refractivity contribution in [3.63, 3.8) is 0 Å². The Bertz CT molecular complexity index is 2470. The monoisotopic (exact) mass is 574 g/mol. The molecule has 3 heteroatoms. The summed E-state index contributed by atoms with van der Waals surface area (Å²) in [7, 11) is 0. The van der Waals surface area contributed by atoms with Gasteiger partial charge in [-0.1, -0.05) is 133 Å². The highest BCUT2D eigenvalue weighted by Crippen LogP contribution is 2.39. The van der Waals surface area contributed by atoms with Crippen LogP contribution in [0.3, 0.4) is 0 Å². The van der Waals surface area contributed by atoms with Gasteiger partial charge in [0, 0.05) is 33.0 Å². The van der Waals surface area contributed by atoms with E-state index in [4.69, 9.17) is 14.4 Å². The Hall–Kier alpha value is -6.06. The van der Waals surface area contributed by atoms with Crippen molar-refractivity contribution in [3.05, 3.63) is 158 Å². The molecule has 0 aliphatic rings. The van der Waals surface area contributed by atoms with Crippen LogP contribution in [0.5, 0.6) is 0 Å². The number of furan rings is 1. The molecular formula is C42H26N2O. The molecule has 2 heterocycles. The maximum absolute atomic E-state index is 6.66. The number of fused-ring (bicyclic) bond motifs is 6. The summed E-state index contributed by atoms with van der Waals surface area (Å²) in [4.78, 5) is 10.0. The molecule has 7 aromatic carbocycles. The van der Waals surface area contributed by atoms with Crippen molar-refractivity contribution in [2.75, 3.05) is 0 Å². The highest BCUT2D eigenvalue weighted by Gasteiger charge is 2.16. The molecule has 0 radical (unpaired) electrons. The van der Waals surface area contributed by atoms with Gasteiger partial charge in [-0.2, -0.15) is 0 Å². The molecular weight excluding hydrogens is 548 g/mol. The Kier molecular flexibility index (Phi) is 5.82. The van der Waals surface area contributed by atoms with E-state index in [-0.39, 0.29) is 0 Å².